The van der Waals surface area contributed by atoms with E-state index in [9.17, 15) is 14.7 Å². The molecule has 1 heterocycles. The van der Waals surface area contributed by atoms with Crippen molar-refractivity contribution in [2.75, 3.05) is 6.61 Å². The second kappa shape index (κ2) is 6.85. The van der Waals surface area contributed by atoms with Crippen LogP contribution in [-0.2, 0) is 4.79 Å². The Morgan fingerprint density at radius 2 is 2.14 bits per heavy atom. The average Bonchev–Trinajstić information content (AvgIpc) is 2.88. The molecule has 0 radical (unpaired) electrons. The molecule has 0 N–H and O–H groups in total. The van der Waals surface area contributed by atoms with Crippen molar-refractivity contribution < 1.29 is 19.4 Å². The first-order valence-corrected chi connectivity index (χ1v) is 7.13. The molecule has 108 valence electrons. The van der Waals surface area contributed by atoms with E-state index >= 15 is 0 Å². The molecule has 0 aliphatic carbocycles. The van der Waals surface area contributed by atoms with E-state index in [1.54, 1.807) is 35.6 Å². The number of aryl methyl sites for hydroxylation is 1. The van der Waals surface area contributed by atoms with Crippen molar-refractivity contribution in [2.45, 2.75) is 6.92 Å². The molecule has 0 bridgehead atoms. The molecule has 5 heteroatoms. The first-order valence-electron chi connectivity index (χ1n) is 6.25. The molecule has 0 aliphatic rings. The molecule has 0 unspecified atom stereocenters. The van der Waals surface area contributed by atoms with Crippen LogP contribution in [0.2, 0.25) is 0 Å². The number of ether oxygens (including phenoxy) is 1. The summed E-state index contributed by atoms with van der Waals surface area (Å²) >= 11 is 1.57. The van der Waals surface area contributed by atoms with Crippen LogP contribution in [0.15, 0.2) is 41.8 Å². The van der Waals surface area contributed by atoms with Crippen LogP contribution in [-0.4, -0.2) is 18.4 Å². The van der Waals surface area contributed by atoms with Crippen molar-refractivity contribution in [3.8, 4) is 5.75 Å². The minimum Gasteiger partial charge on any atom is -0.546 e. The lowest BCUT2D eigenvalue weighted by Crippen LogP contribution is -2.28. The summed E-state index contributed by atoms with van der Waals surface area (Å²) in [4.78, 5) is 23.5. The number of allylic oxidation sites excluding steroid dienone is 1. The Bertz CT molecular complexity index is 685. The lowest BCUT2D eigenvalue weighted by atomic mass is 10.1. The molecule has 1 aromatic heterocycles. The van der Waals surface area contributed by atoms with Crippen LogP contribution >= 0.6 is 11.3 Å². The summed E-state index contributed by atoms with van der Waals surface area (Å²) in [5, 5.41) is 12.3. The fourth-order valence-corrected chi connectivity index (χ4v) is 2.50. The molecule has 1 aromatic carbocycles. The number of benzene rings is 1. The van der Waals surface area contributed by atoms with Gasteiger partial charge in [0.25, 0.3) is 0 Å². The highest BCUT2D eigenvalue weighted by Crippen LogP contribution is 2.18. The minimum absolute atomic E-state index is 0.165. The van der Waals surface area contributed by atoms with Crippen molar-refractivity contribution in [3.05, 3.63) is 57.8 Å². The molecule has 0 amide bonds. The van der Waals surface area contributed by atoms with E-state index in [1.165, 1.54) is 12.1 Å². The third kappa shape index (κ3) is 4.29. The monoisotopic (exact) mass is 301 g/mol. The number of thiophene rings is 1. The van der Waals surface area contributed by atoms with Gasteiger partial charge in [-0.2, -0.15) is 0 Å². The van der Waals surface area contributed by atoms with Crippen LogP contribution < -0.4 is 9.84 Å². The number of hydrogen-bond donors (Lipinski definition) is 0. The van der Waals surface area contributed by atoms with Gasteiger partial charge < -0.3 is 14.6 Å². The van der Waals surface area contributed by atoms with Crippen LogP contribution in [0.25, 0.3) is 6.08 Å². The van der Waals surface area contributed by atoms with Crippen molar-refractivity contribution in [1.29, 1.82) is 0 Å². The van der Waals surface area contributed by atoms with Crippen LogP contribution in [0.3, 0.4) is 0 Å². The molecule has 0 saturated carbocycles. The zero-order valence-corrected chi connectivity index (χ0v) is 12.2. The van der Waals surface area contributed by atoms with Crippen LogP contribution in [0.5, 0.6) is 5.75 Å². The quantitative estimate of drug-likeness (QED) is 0.605. The minimum atomic E-state index is -1.31. The highest BCUT2D eigenvalue weighted by molar-refractivity contribution is 7.11. The number of carboxylic acids is 1. The average molecular weight is 301 g/mol. The van der Waals surface area contributed by atoms with E-state index < -0.39 is 12.6 Å². The van der Waals surface area contributed by atoms with Gasteiger partial charge in [-0.1, -0.05) is 12.1 Å². The summed E-state index contributed by atoms with van der Waals surface area (Å²) in [6.07, 6.45) is 3.27. The number of aliphatic carboxylic acids is 1. The molecule has 0 aliphatic heterocycles. The number of carbonyl (C=O) groups excluding carboxylic acids is 2. The fourth-order valence-electron chi connectivity index (χ4n) is 1.68. The van der Waals surface area contributed by atoms with Gasteiger partial charge in [0.1, 0.15) is 12.4 Å². The first kappa shape index (κ1) is 15.0. The zero-order chi connectivity index (χ0) is 15.2. The third-order valence-electron chi connectivity index (χ3n) is 2.76. The van der Waals surface area contributed by atoms with Gasteiger partial charge in [-0.3, -0.25) is 4.79 Å². The Labute approximate surface area is 126 Å². The van der Waals surface area contributed by atoms with E-state index in [2.05, 4.69) is 0 Å². The Hall–Kier alpha value is -2.40. The third-order valence-corrected chi connectivity index (χ3v) is 3.75. The standard InChI is InChI=1S/C16H14O4S/c1-11-7-8-21-15(11)6-5-14(17)12-3-2-4-13(9-12)20-10-16(18)19/h2-9H,10H2,1H3,(H,18,19)/p-1/b6-5+. The van der Waals surface area contributed by atoms with Gasteiger partial charge in [0.15, 0.2) is 5.78 Å². The van der Waals surface area contributed by atoms with E-state index in [1.807, 2.05) is 18.4 Å². The first-order chi connectivity index (χ1) is 10.1. The number of carbonyl (C=O) groups is 2. The van der Waals surface area contributed by atoms with Crippen molar-refractivity contribution in [2.24, 2.45) is 0 Å². The number of carboxylic acid groups (broad SMARTS) is 1. The molecule has 2 aromatic rings. The largest absolute Gasteiger partial charge is 0.546 e. The highest BCUT2D eigenvalue weighted by Gasteiger charge is 2.04. The van der Waals surface area contributed by atoms with Crippen molar-refractivity contribution in [1.82, 2.24) is 0 Å². The second-order valence-corrected chi connectivity index (χ2v) is 5.30. The molecule has 2 rings (SSSR count). The van der Waals surface area contributed by atoms with Gasteiger partial charge in [0.05, 0.1) is 5.97 Å². The summed E-state index contributed by atoms with van der Waals surface area (Å²) in [6, 6.07) is 8.38. The second-order valence-electron chi connectivity index (χ2n) is 4.35. The summed E-state index contributed by atoms with van der Waals surface area (Å²) in [7, 11) is 0. The smallest absolute Gasteiger partial charge is 0.186 e. The van der Waals surface area contributed by atoms with Crippen LogP contribution in [0, 0.1) is 6.92 Å². The van der Waals surface area contributed by atoms with E-state index in [0.29, 0.717) is 11.3 Å². The molecule has 4 nitrogen and oxygen atoms in total. The Kier molecular flexibility index (Phi) is 4.90. The van der Waals surface area contributed by atoms with Crippen molar-refractivity contribution >= 4 is 29.2 Å². The van der Waals surface area contributed by atoms with E-state index in [4.69, 9.17) is 4.74 Å². The molecule has 0 saturated heterocycles. The molecule has 0 spiro atoms. The van der Waals surface area contributed by atoms with Gasteiger partial charge in [0.2, 0.25) is 0 Å². The Balaban J connectivity index is 2.09. The normalized spacial score (nSPS) is 10.7. The number of hydrogen-bond acceptors (Lipinski definition) is 5. The fraction of sp³-hybridized carbons (Fsp3) is 0.125. The van der Waals surface area contributed by atoms with E-state index in [-0.39, 0.29) is 5.78 Å². The summed E-state index contributed by atoms with van der Waals surface area (Å²) in [5.41, 5.74) is 1.56. The maximum absolute atomic E-state index is 12.1. The Morgan fingerprint density at radius 3 is 2.81 bits per heavy atom. The maximum Gasteiger partial charge on any atom is 0.186 e. The predicted molar refractivity (Wildman–Crippen MR) is 79.4 cm³/mol. The summed E-state index contributed by atoms with van der Waals surface area (Å²) < 4.78 is 4.99. The Morgan fingerprint density at radius 1 is 1.33 bits per heavy atom. The van der Waals surface area contributed by atoms with Gasteiger partial charge >= 0.3 is 0 Å². The zero-order valence-electron chi connectivity index (χ0n) is 11.4. The number of ketones is 1. The lowest BCUT2D eigenvalue weighted by Gasteiger charge is -2.07. The summed E-state index contributed by atoms with van der Waals surface area (Å²) in [6.45, 7) is 1.44. The molecular weight excluding hydrogens is 288 g/mol. The van der Waals surface area contributed by atoms with E-state index in [0.717, 1.165) is 10.4 Å². The van der Waals surface area contributed by atoms with Crippen LogP contribution in [0.1, 0.15) is 20.8 Å². The molecule has 0 atom stereocenters. The molecule has 21 heavy (non-hydrogen) atoms. The lowest BCUT2D eigenvalue weighted by molar-refractivity contribution is -0.307. The van der Waals surface area contributed by atoms with Gasteiger partial charge in [-0.25, -0.2) is 0 Å². The predicted octanol–water partition coefficient (Wildman–Crippen LogP) is 2.08. The van der Waals surface area contributed by atoms with Crippen molar-refractivity contribution in [3.63, 3.8) is 0 Å². The molecule has 0 fully saturated rings. The van der Waals surface area contributed by atoms with Gasteiger partial charge in [-0.15, -0.1) is 11.3 Å². The van der Waals surface area contributed by atoms with Gasteiger partial charge in [-0.05, 0) is 48.2 Å². The highest BCUT2D eigenvalue weighted by atomic mass is 32.1. The number of rotatable bonds is 6. The summed E-state index contributed by atoms with van der Waals surface area (Å²) in [5.74, 6) is -1.15. The maximum atomic E-state index is 12.1. The SMILES string of the molecule is Cc1ccsc1/C=C/C(=O)c1cccc(OCC(=O)[O-])c1. The molecular formula is C16H13O4S-. The topological polar surface area (TPSA) is 66.4 Å². The van der Waals surface area contributed by atoms with Crippen LogP contribution in [0.4, 0.5) is 0 Å². The van der Waals surface area contributed by atoms with Gasteiger partial charge in [0, 0.05) is 10.4 Å².